The lowest BCUT2D eigenvalue weighted by Gasteiger charge is -2.05. The van der Waals surface area contributed by atoms with Crippen LogP contribution in [-0.2, 0) is 4.79 Å². The molecule has 5 heteroatoms. The van der Waals surface area contributed by atoms with Crippen LogP contribution in [0.2, 0.25) is 0 Å². The molecule has 0 aromatic rings. The topological polar surface area (TPSA) is 90.8 Å². The highest BCUT2D eigenvalue weighted by molar-refractivity contribution is 5.62. The zero-order valence-corrected chi connectivity index (χ0v) is 7.11. The first-order valence-electron chi connectivity index (χ1n) is 3.17. The molecule has 0 unspecified atom stereocenters. The van der Waals surface area contributed by atoms with E-state index in [9.17, 15) is 0 Å². The fourth-order valence-corrected chi connectivity index (χ4v) is 0.224. The van der Waals surface area contributed by atoms with Gasteiger partial charge in [-0.2, -0.15) is 5.06 Å². The van der Waals surface area contributed by atoms with Gasteiger partial charge in [0.15, 0.2) is 0 Å². The third-order valence-corrected chi connectivity index (χ3v) is 0.730. The van der Waals surface area contributed by atoms with Gasteiger partial charge in [-0.05, 0) is 0 Å². The van der Waals surface area contributed by atoms with Crippen LogP contribution >= 0.6 is 0 Å². The summed E-state index contributed by atoms with van der Waals surface area (Å²) < 4.78 is 0. The van der Waals surface area contributed by atoms with Crippen LogP contribution < -0.4 is 0 Å². The van der Waals surface area contributed by atoms with Crippen molar-refractivity contribution < 1.29 is 20.6 Å². The molecule has 0 aliphatic carbocycles. The average Bonchev–Trinajstić information content (AvgIpc) is 1.85. The van der Waals surface area contributed by atoms with Crippen molar-refractivity contribution >= 4 is 5.97 Å². The number of nitrogens with zero attached hydrogens (tertiary/aromatic N) is 1. The molecule has 0 atom stereocenters. The van der Waals surface area contributed by atoms with Crippen molar-refractivity contribution in [3.8, 4) is 0 Å². The molecule has 3 N–H and O–H groups in total. The fraction of sp³-hybridized carbons (Fsp3) is 0.833. The molecule has 11 heavy (non-hydrogen) atoms. The molecule has 0 fully saturated rings. The first-order valence-corrected chi connectivity index (χ1v) is 3.17. The second kappa shape index (κ2) is 12.1. The largest absolute Gasteiger partial charge is 0.481 e. The number of carboxylic acid groups (broad SMARTS) is 1. The Morgan fingerprint density at radius 1 is 1.36 bits per heavy atom. The van der Waals surface area contributed by atoms with Crippen molar-refractivity contribution in [2.75, 3.05) is 13.1 Å². The number of rotatable bonds is 2. The van der Waals surface area contributed by atoms with E-state index in [4.69, 9.17) is 15.1 Å². The van der Waals surface area contributed by atoms with Crippen LogP contribution in [-0.4, -0.2) is 39.9 Å². The van der Waals surface area contributed by atoms with Crippen LogP contribution in [0.3, 0.4) is 0 Å². The summed E-state index contributed by atoms with van der Waals surface area (Å²) in [7, 11) is 0. The van der Waals surface area contributed by atoms with Crippen molar-refractivity contribution in [3.05, 3.63) is 0 Å². The summed E-state index contributed by atoms with van der Waals surface area (Å²) in [4.78, 5) is 9.00. The predicted octanol–water partition coefficient (Wildman–Crippen LogP) is 0.631. The summed E-state index contributed by atoms with van der Waals surface area (Å²) in [5, 5.41) is 17.2. The molecule has 0 aliphatic rings. The van der Waals surface area contributed by atoms with Crippen molar-refractivity contribution in [1.82, 2.24) is 5.06 Å². The van der Waals surface area contributed by atoms with E-state index in [1.54, 1.807) is 0 Å². The highest BCUT2D eigenvalue weighted by Gasteiger charge is 1.84. The van der Waals surface area contributed by atoms with Gasteiger partial charge in [0.2, 0.25) is 0 Å². The maximum Gasteiger partial charge on any atom is 0.300 e. The molecule has 69 valence electrons. The molecule has 0 aliphatic heterocycles. The molecule has 0 saturated carbocycles. The van der Waals surface area contributed by atoms with E-state index in [-0.39, 0.29) is 5.48 Å². The van der Waals surface area contributed by atoms with Gasteiger partial charge >= 0.3 is 0 Å². The van der Waals surface area contributed by atoms with E-state index in [2.05, 4.69) is 0 Å². The van der Waals surface area contributed by atoms with Gasteiger partial charge in [0, 0.05) is 20.0 Å². The number of carbonyl (C=O) groups is 1. The highest BCUT2D eigenvalue weighted by atomic mass is 16.5. The maximum absolute atomic E-state index is 9.00. The molecule has 0 spiro atoms. The van der Waals surface area contributed by atoms with E-state index in [0.717, 1.165) is 20.0 Å². The van der Waals surface area contributed by atoms with Gasteiger partial charge in [-0.1, -0.05) is 13.8 Å². The third kappa shape index (κ3) is 45.0. The Hall–Kier alpha value is -0.650. The van der Waals surface area contributed by atoms with E-state index >= 15 is 0 Å². The minimum absolute atomic E-state index is 0. The predicted molar refractivity (Wildman–Crippen MR) is 40.0 cm³/mol. The number of carboxylic acids is 1. The highest BCUT2D eigenvalue weighted by Crippen LogP contribution is 1.73. The minimum Gasteiger partial charge on any atom is -0.481 e. The van der Waals surface area contributed by atoms with Crippen LogP contribution in [0.25, 0.3) is 0 Å². The molecule has 0 rings (SSSR count). The Labute approximate surface area is 66.5 Å². The second-order valence-corrected chi connectivity index (χ2v) is 1.66. The van der Waals surface area contributed by atoms with Crippen molar-refractivity contribution in [2.45, 2.75) is 20.8 Å². The molecule has 0 heterocycles. The fourth-order valence-electron chi connectivity index (χ4n) is 0.224. The lowest BCUT2D eigenvalue weighted by molar-refractivity contribution is -0.134. The molecule has 0 aromatic heterocycles. The Morgan fingerprint density at radius 3 is 1.55 bits per heavy atom. The van der Waals surface area contributed by atoms with Crippen molar-refractivity contribution in [2.24, 2.45) is 0 Å². The number of hydrogen-bond acceptors (Lipinski definition) is 3. The molecular weight excluding hydrogens is 150 g/mol. The zero-order chi connectivity index (χ0) is 8.57. The van der Waals surface area contributed by atoms with Gasteiger partial charge in [0.1, 0.15) is 0 Å². The summed E-state index contributed by atoms with van der Waals surface area (Å²) in [5.41, 5.74) is 0. The Balaban J connectivity index is -0.000000114. The van der Waals surface area contributed by atoms with E-state index in [0.29, 0.717) is 0 Å². The summed E-state index contributed by atoms with van der Waals surface area (Å²) in [6.45, 7) is 6.33. The van der Waals surface area contributed by atoms with Crippen molar-refractivity contribution in [3.63, 3.8) is 0 Å². The van der Waals surface area contributed by atoms with Gasteiger partial charge in [0.05, 0.1) is 0 Å². The lowest BCUT2D eigenvalue weighted by atomic mass is 10.6. The first-order chi connectivity index (χ1) is 4.54. The molecule has 0 bridgehead atoms. The first kappa shape index (κ1) is 16.7. The van der Waals surface area contributed by atoms with E-state index in [1.807, 2.05) is 13.8 Å². The van der Waals surface area contributed by atoms with Crippen LogP contribution in [0, 0.1) is 0 Å². The molecule has 0 aromatic carbocycles. The lowest BCUT2D eigenvalue weighted by Crippen LogP contribution is -2.16. The Morgan fingerprint density at radius 2 is 1.55 bits per heavy atom. The van der Waals surface area contributed by atoms with Crippen molar-refractivity contribution in [1.29, 1.82) is 0 Å². The second-order valence-electron chi connectivity index (χ2n) is 1.66. The molecule has 5 nitrogen and oxygen atoms in total. The standard InChI is InChI=1S/C4H11NO.C2H4O2.HO/c1-3-5(6)4-2;1-2(3)4;/h6H,3-4H2,1-2H3;1H3,(H,3,4);1H. The molecule has 0 saturated heterocycles. The number of aliphatic carboxylic acids is 1. The zero-order valence-electron chi connectivity index (χ0n) is 7.11. The van der Waals surface area contributed by atoms with Crippen LogP contribution in [0.15, 0.2) is 0 Å². The summed E-state index contributed by atoms with van der Waals surface area (Å²) in [6, 6.07) is 0. The van der Waals surface area contributed by atoms with Gasteiger partial charge in [-0.3, -0.25) is 10.3 Å². The van der Waals surface area contributed by atoms with E-state index < -0.39 is 5.97 Å². The SMILES string of the molecule is CC(=O)O.CCN(O)CC.[OH]. The number of hydroxylamine groups is 2. The van der Waals surface area contributed by atoms with Crippen LogP contribution in [0.5, 0.6) is 0 Å². The van der Waals surface area contributed by atoms with Gasteiger partial charge in [-0.25, -0.2) is 0 Å². The van der Waals surface area contributed by atoms with Gasteiger partial charge in [0.25, 0.3) is 5.97 Å². The normalized spacial score (nSPS) is 7.73. The summed E-state index contributed by atoms with van der Waals surface area (Å²) >= 11 is 0. The van der Waals surface area contributed by atoms with E-state index in [1.165, 1.54) is 5.06 Å². The molecular formula is C6H16NO4. The minimum atomic E-state index is -0.833. The Bertz CT molecular complexity index is 78.7. The van der Waals surface area contributed by atoms with Crippen LogP contribution in [0.4, 0.5) is 0 Å². The Kier molecular flexibility index (Phi) is 18.4. The molecule has 0 amide bonds. The van der Waals surface area contributed by atoms with Gasteiger partial charge < -0.3 is 10.3 Å². The monoisotopic (exact) mass is 166 g/mol. The average molecular weight is 166 g/mol. The summed E-state index contributed by atoms with van der Waals surface area (Å²) in [5.74, 6) is -0.833. The smallest absolute Gasteiger partial charge is 0.300 e. The maximum atomic E-state index is 9.00. The quantitative estimate of drug-likeness (QED) is 0.525. The number of hydrogen-bond donors (Lipinski definition) is 3. The molecule has 1 radical (unpaired) electrons. The van der Waals surface area contributed by atoms with Crippen LogP contribution in [0.1, 0.15) is 20.8 Å². The third-order valence-electron chi connectivity index (χ3n) is 0.730. The van der Waals surface area contributed by atoms with Gasteiger partial charge in [-0.15, -0.1) is 0 Å². The summed E-state index contributed by atoms with van der Waals surface area (Å²) in [6.07, 6.45) is 0.